The van der Waals surface area contributed by atoms with Crippen LogP contribution in [0.15, 0.2) is 0 Å². The maximum atomic E-state index is 10.1. The fraction of sp³-hybridized carbons (Fsp3) is 0.750. The summed E-state index contributed by atoms with van der Waals surface area (Å²) in [7, 11) is 0. The monoisotopic (exact) mass is 430 g/mol. The SMILES string of the molecule is CC(O)C(=O)[O-].CC(O)C(=O)[O-].O=C(O)[C@H](O)[C@@H](O)[C@H](O)[C@H](O)CO.[Fe+2]. The van der Waals surface area contributed by atoms with E-state index < -0.39 is 61.1 Å². The molecule has 0 aliphatic heterocycles. The number of carboxylic acids is 3. The van der Waals surface area contributed by atoms with Gasteiger partial charge in [-0.05, 0) is 13.8 Å². The predicted molar refractivity (Wildman–Crippen MR) is 72.1 cm³/mol. The van der Waals surface area contributed by atoms with E-state index >= 15 is 0 Å². The van der Waals surface area contributed by atoms with Crippen LogP contribution in [-0.4, -0.2) is 102 Å². The first kappa shape index (κ1) is 32.3. The van der Waals surface area contributed by atoms with Crippen LogP contribution >= 0.6 is 0 Å². The molecule has 0 heterocycles. The summed E-state index contributed by atoms with van der Waals surface area (Å²) in [5.74, 6) is -4.60. The number of rotatable bonds is 7. The summed E-state index contributed by atoms with van der Waals surface area (Å²) < 4.78 is 0. The van der Waals surface area contributed by atoms with Gasteiger partial charge in [-0.15, -0.1) is 0 Å². The van der Waals surface area contributed by atoms with Gasteiger partial charge in [0.1, 0.15) is 18.3 Å². The molecule has 0 aromatic heterocycles. The van der Waals surface area contributed by atoms with Crippen molar-refractivity contribution >= 4 is 17.9 Å². The van der Waals surface area contributed by atoms with E-state index in [1.54, 1.807) is 0 Å². The average molecular weight is 430 g/mol. The number of carbonyl (C=O) groups is 3. The van der Waals surface area contributed by atoms with Crippen molar-refractivity contribution in [1.29, 1.82) is 0 Å². The Hall–Kier alpha value is -1.35. The molecule has 6 atom stereocenters. The van der Waals surface area contributed by atoms with Gasteiger partial charge in [-0.2, -0.15) is 0 Å². The molecule has 0 saturated carbocycles. The maximum Gasteiger partial charge on any atom is 2.00 e. The first-order valence-electron chi connectivity index (χ1n) is 6.54. The first-order valence-corrected chi connectivity index (χ1v) is 6.54. The van der Waals surface area contributed by atoms with E-state index in [0.717, 1.165) is 13.8 Å². The molecule has 0 radical (unpaired) electrons. The second-order valence-electron chi connectivity index (χ2n) is 4.50. The van der Waals surface area contributed by atoms with Gasteiger partial charge in [0.05, 0.1) is 30.8 Å². The summed E-state index contributed by atoms with van der Waals surface area (Å²) in [6.45, 7) is 1.43. The summed E-state index contributed by atoms with van der Waals surface area (Å²) in [6, 6.07) is 0. The number of hydrogen-bond acceptors (Lipinski definition) is 12. The minimum Gasteiger partial charge on any atom is -0.547 e. The van der Waals surface area contributed by atoms with Gasteiger partial charge in [-0.1, -0.05) is 0 Å². The quantitative estimate of drug-likeness (QED) is 0.175. The molecule has 0 rings (SSSR count). The van der Waals surface area contributed by atoms with Crippen LogP contribution in [0.4, 0.5) is 0 Å². The van der Waals surface area contributed by atoms with Crippen molar-refractivity contribution in [2.45, 2.75) is 50.5 Å². The molecule has 0 aliphatic carbocycles. The maximum absolute atomic E-state index is 10.1. The molecule has 13 nitrogen and oxygen atoms in total. The topological polar surface area (TPSA) is 259 Å². The molecule has 2 unspecified atom stereocenters. The molecule has 0 saturated heterocycles. The van der Waals surface area contributed by atoms with Crippen molar-refractivity contribution in [3.63, 3.8) is 0 Å². The average Bonchev–Trinajstić information content (AvgIpc) is 2.52. The third-order valence-electron chi connectivity index (χ3n) is 2.19. The molecule has 8 N–H and O–H groups in total. The number of hydrogen-bond donors (Lipinski definition) is 8. The van der Waals surface area contributed by atoms with Crippen molar-refractivity contribution in [1.82, 2.24) is 0 Å². The van der Waals surface area contributed by atoms with E-state index in [9.17, 15) is 24.6 Å². The van der Waals surface area contributed by atoms with Crippen molar-refractivity contribution in [3.05, 3.63) is 0 Å². The van der Waals surface area contributed by atoms with Gasteiger partial charge in [0.15, 0.2) is 6.10 Å². The molecule has 0 aliphatic rings. The van der Waals surface area contributed by atoms with Crippen LogP contribution in [0.5, 0.6) is 0 Å². The van der Waals surface area contributed by atoms with Gasteiger partial charge < -0.3 is 60.7 Å². The number of aliphatic hydroxyl groups excluding tert-OH is 7. The van der Waals surface area contributed by atoms with E-state index in [1.807, 2.05) is 0 Å². The number of carboxylic acid groups (broad SMARTS) is 3. The van der Waals surface area contributed by atoms with E-state index in [-0.39, 0.29) is 17.1 Å². The van der Waals surface area contributed by atoms with Crippen molar-refractivity contribution < 1.29 is 82.5 Å². The Labute approximate surface area is 158 Å². The van der Waals surface area contributed by atoms with Crippen molar-refractivity contribution in [3.8, 4) is 0 Å². The smallest absolute Gasteiger partial charge is 0.547 e. The summed E-state index contributed by atoms with van der Waals surface area (Å²) in [5, 5.41) is 86.4. The summed E-state index contributed by atoms with van der Waals surface area (Å²) in [6.07, 6.45) is -10.5. The Morgan fingerprint density at radius 3 is 1.23 bits per heavy atom. The van der Waals surface area contributed by atoms with Crippen molar-refractivity contribution in [2.75, 3.05) is 6.61 Å². The van der Waals surface area contributed by atoms with E-state index in [0.29, 0.717) is 0 Å². The van der Waals surface area contributed by atoms with Crippen LogP contribution in [-0.2, 0) is 31.5 Å². The molecule has 0 spiro atoms. The van der Waals surface area contributed by atoms with Crippen molar-refractivity contribution in [2.24, 2.45) is 0 Å². The molecule has 0 bridgehead atoms. The number of carbonyl (C=O) groups excluding carboxylic acids is 2. The summed E-state index contributed by atoms with van der Waals surface area (Å²) in [5.41, 5.74) is 0. The Kier molecular flexibility index (Phi) is 21.2. The molecule has 0 aromatic carbocycles. The van der Waals surface area contributed by atoms with Gasteiger partial charge in [-0.25, -0.2) is 4.79 Å². The molecule has 14 heteroatoms. The van der Waals surface area contributed by atoms with Gasteiger partial charge in [0.25, 0.3) is 0 Å². The summed E-state index contributed by atoms with van der Waals surface area (Å²) >= 11 is 0. The molecule has 156 valence electrons. The van der Waals surface area contributed by atoms with Crippen LogP contribution in [0.25, 0.3) is 0 Å². The zero-order valence-electron chi connectivity index (χ0n) is 13.6. The number of aliphatic carboxylic acids is 3. The fourth-order valence-electron chi connectivity index (χ4n) is 0.668. The Balaban J connectivity index is -0.000000157. The van der Waals surface area contributed by atoms with Crippen LogP contribution in [0.2, 0.25) is 0 Å². The van der Waals surface area contributed by atoms with E-state index in [1.165, 1.54) is 0 Å². The predicted octanol–water partition coefficient (Wildman–Crippen LogP) is -7.26. The fourth-order valence-corrected chi connectivity index (χ4v) is 0.668. The van der Waals surface area contributed by atoms with E-state index in [2.05, 4.69) is 0 Å². The number of aliphatic hydroxyl groups is 7. The van der Waals surface area contributed by atoms with Crippen LogP contribution in [0.3, 0.4) is 0 Å². The van der Waals surface area contributed by atoms with Gasteiger partial charge >= 0.3 is 23.0 Å². The molecular weight excluding hydrogens is 408 g/mol. The zero-order valence-corrected chi connectivity index (χ0v) is 14.7. The van der Waals surface area contributed by atoms with Gasteiger partial charge in [-0.3, -0.25) is 0 Å². The van der Waals surface area contributed by atoms with Crippen LogP contribution in [0.1, 0.15) is 13.8 Å². The molecule has 0 aromatic rings. The molecule has 0 amide bonds. The standard InChI is InChI=1S/C6H12O7.2C3H6O3.Fe/c7-1-2(8)3(9)4(10)5(11)6(12)13;2*1-2(4)3(5)6;/h2-5,7-11H,1H2,(H,12,13);2*2,4H,1H3,(H,5,6);/q;;;+2/p-2/t2-,3-,4+,5-;;;/m1.../s1. The third-order valence-corrected chi connectivity index (χ3v) is 2.19. The Bertz CT molecular complexity index is 383. The third kappa shape index (κ3) is 17.5. The first-order chi connectivity index (χ1) is 11.2. The molecule has 26 heavy (non-hydrogen) atoms. The Morgan fingerprint density at radius 1 is 0.808 bits per heavy atom. The largest absolute Gasteiger partial charge is 2.00 e. The minimum atomic E-state index is -2.20. The normalized spacial score (nSPS) is 16.5. The molecule has 0 fully saturated rings. The van der Waals surface area contributed by atoms with Gasteiger partial charge in [0.2, 0.25) is 0 Å². The van der Waals surface area contributed by atoms with Crippen LogP contribution < -0.4 is 10.2 Å². The zero-order chi connectivity index (χ0) is 20.9. The van der Waals surface area contributed by atoms with E-state index in [4.69, 9.17) is 40.9 Å². The summed E-state index contributed by atoms with van der Waals surface area (Å²) in [4.78, 5) is 28.8. The van der Waals surface area contributed by atoms with Crippen LogP contribution in [0, 0.1) is 0 Å². The van der Waals surface area contributed by atoms with Gasteiger partial charge in [0, 0.05) is 0 Å². The second kappa shape index (κ2) is 17.1. The second-order valence-corrected chi connectivity index (χ2v) is 4.50. The minimum absolute atomic E-state index is 0. The molecular formula is C12H22FeO13. The Morgan fingerprint density at radius 2 is 1.08 bits per heavy atom.